The third-order valence-electron chi connectivity index (χ3n) is 3.89. The standard InChI is InChI=1S/C19H24N2S/c1-6-8-18(22-5)14(7-2)15-9-10-16-17(20-4)11-12-21-19(16)13(15)3/h7-12H,6H2,1-5H3,(H,20,21)/b14-7-,18-8+. The van der Waals surface area contributed by atoms with Crippen LogP contribution in [0.5, 0.6) is 0 Å². The molecule has 116 valence electrons. The zero-order valence-electron chi connectivity index (χ0n) is 14.0. The van der Waals surface area contributed by atoms with E-state index >= 15 is 0 Å². The van der Waals surface area contributed by atoms with Gasteiger partial charge in [-0.3, -0.25) is 4.98 Å². The summed E-state index contributed by atoms with van der Waals surface area (Å²) in [7, 11) is 1.95. The molecule has 0 aliphatic heterocycles. The number of anilines is 1. The first-order chi connectivity index (χ1) is 10.7. The van der Waals surface area contributed by atoms with E-state index in [4.69, 9.17) is 0 Å². The van der Waals surface area contributed by atoms with Gasteiger partial charge in [-0.25, -0.2) is 0 Å². The van der Waals surface area contributed by atoms with E-state index in [1.165, 1.54) is 27.0 Å². The molecule has 1 aromatic heterocycles. The summed E-state index contributed by atoms with van der Waals surface area (Å²) in [5.74, 6) is 0. The highest BCUT2D eigenvalue weighted by atomic mass is 32.2. The van der Waals surface area contributed by atoms with Gasteiger partial charge in [-0.15, -0.1) is 11.8 Å². The van der Waals surface area contributed by atoms with Gasteiger partial charge in [-0.05, 0) is 49.3 Å². The molecule has 0 fully saturated rings. The molecule has 1 N–H and O–H groups in total. The number of allylic oxidation sites excluding steroid dienone is 3. The highest BCUT2D eigenvalue weighted by Crippen LogP contribution is 2.35. The van der Waals surface area contributed by atoms with E-state index in [2.05, 4.69) is 61.6 Å². The van der Waals surface area contributed by atoms with Crippen LogP contribution in [-0.4, -0.2) is 18.3 Å². The number of benzene rings is 1. The summed E-state index contributed by atoms with van der Waals surface area (Å²) in [4.78, 5) is 5.94. The molecule has 0 aliphatic carbocycles. The van der Waals surface area contributed by atoms with E-state index in [0.29, 0.717) is 0 Å². The Balaban J connectivity index is 2.66. The summed E-state index contributed by atoms with van der Waals surface area (Å²) in [5, 5.41) is 4.42. The molecule has 3 heteroatoms. The molecule has 2 rings (SSSR count). The summed E-state index contributed by atoms with van der Waals surface area (Å²) < 4.78 is 0. The van der Waals surface area contributed by atoms with E-state index < -0.39 is 0 Å². The fraction of sp³-hybridized carbons (Fsp3) is 0.316. The first-order valence-electron chi connectivity index (χ1n) is 7.65. The second-order valence-corrected chi connectivity index (χ2v) is 5.97. The molecular formula is C19H24N2S. The van der Waals surface area contributed by atoms with Gasteiger partial charge in [0.05, 0.1) is 5.52 Å². The number of thioether (sulfide) groups is 1. The van der Waals surface area contributed by atoms with Crippen LogP contribution in [0, 0.1) is 6.92 Å². The molecule has 1 aromatic carbocycles. The van der Waals surface area contributed by atoms with Crippen molar-refractivity contribution in [1.29, 1.82) is 0 Å². The maximum Gasteiger partial charge on any atom is 0.0758 e. The Kier molecular flexibility index (Phi) is 5.67. The molecule has 0 bridgehead atoms. The minimum absolute atomic E-state index is 1.04. The quantitative estimate of drug-likeness (QED) is 0.723. The maximum atomic E-state index is 4.60. The predicted molar refractivity (Wildman–Crippen MR) is 102 cm³/mol. The lowest BCUT2D eigenvalue weighted by molar-refractivity contribution is 1.22. The molecule has 0 radical (unpaired) electrons. The lowest BCUT2D eigenvalue weighted by atomic mass is 9.96. The fourth-order valence-electron chi connectivity index (χ4n) is 2.79. The molecule has 0 amide bonds. The van der Waals surface area contributed by atoms with Gasteiger partial charge in [0.2, 0.25) is 0 Å². The number of nitrogens with zero attached hydrogens (tertiary/aromatic N) is 1. The summed E-state index contributed by atoms with van der Waals surface area (Å²) in [5.41, 5.74) is 5.99. The van der Waals surface area contributed by atoms with Gasteiger partial charge in [0.25, 0.3) is 0 Å². The number of aryl methyl sites for hydroxylation is 1. The molecule has 0 unspecified atom stereocenters. The van der Waals surface area contributed by atoms with E-state index in [9.17, 15) is 0 Å². The number of pyridine rings is 1. The smallest absolute Gasteiger partial charge is 0.0758 e. The molecule has 0 aliphatic rings. The molecule has 1 heterocycles. The zero-order valence-corrected chi connectivity index (χ0v) is 14.8. The molecule has 2 nitrogen and oxygen atoms in total. The van der Waals surface area contributed by atoms with E-state index in [1.807, 2.05) is 19.3 Å². The van der Waals surface area contributed by atoms with Crippen LogP contribution in [0.25, 0.3) is 16.5 Å². The first-order valence-corrected chi connectivity index (χ1v) is 8.87. The number of aromatic nitrogens is 1. The maximum absolute atomic E-state index is 4.60. The number of rotatable bonds is 5. The van der Waals surface area contributed by atoms with Gasteiger partial charge in [0.15, 0.2) is 0 Å². The van der Waals surface area contributed by atoms with Crippen molar-refractivity contribution >= 4 is 33.9 Å². The largest absolute Gasteiger partial charge is 0.388 e. The van der Waals surface area contributed by atoms with Gasteiger partial charge in [0, 0.05) is 29.2 Å². The Morgan fingerprint density at radius 2 is 2.09 bits per heavy atom. The molecular weight excluding hydrogens is 288 g/mol. The van der Waals surface area contributed by atoms with E-state index in [1.54, 1.807) is 11.8 Å². The van der Waals surface area contributed by atoms with E-state index in [-0.39, 0.29) is 0 Å². The number of nitrogens with one attached hydrogen (secondary N) is 1. The molecule has 22 heavy (non-hydrogen) atoms. The van der Waals surface area contributed by atoms with Crippen LogP contribution < -0.4 is 5.32 Å². The molecule has 0 atom stereocenters. The van der Waals surface area contributed by atoms with Gasteiger partial charge in [-0.2, -0.15) is 0 Å². The molecule has 0 saturated carbocycles. The SMILES string of the molecule is C/C=C(\C(=C/CC)SC)c1ccc2c(NC)ccnc2c1C. The lowest BCUT2D eigenvalue weighted by Gasteiger charge is -2.15. The summed E-state index contributed by atoms with van der Waals surface area (Å²) in [6, 6.07) is 6.40. The van der Waals surface area contributed by atoms with Crippen LogP contribution in [0.1, 0.15) is 31.4 Å². The Hall–Kier alpha value is -1.74. The zero-order chi connectivity index (χ0) is 16.1. The van der Waals surface area contributed by atoms with Gasteiger partial charge in [0.1, 0.15) is 0 Å². The van der Waals surface area contributed by atoms with Crippen molar-refractivity contribution in [3.8, 4) is 0 Å². The van der Waals surface area contributed by atoms with Crippen LogP contribution in [0.4, 0.5) is 5.69 Å². The topological polar surface area (TPSA) is 24.9 Å². The van der Waals surface area contributed by atoms with Crippen LogP contribution >= 0.6 is 11.8 Å². The average Bonchev–Trinajstić information content (AvgIpc) is 2.56. The molecule has 0 spiro atoms. The fourth-order valence-corrected chi connectivity index (χ4v) is 3.57. The van der Waals surface area contributed by atoms with Gasteiger partial charge < -0.3 is 5.32 Å². The number of fused-ring (bicyclic) bond motifs is 1. The first kappa shape index (κ1) is 16.6. The van der Waals surface area contributed by atoms with Crippen molar-refractivity contribution in [2.75, 3.05) is 18.6 Å². The minimum atomic E-state index is 1.04. The Morgan fingerprint density at radius 1 is 1.32 bits per heavy atom. The van der Waals surface area contributed by atoms with Crippen molar-refractivity contribution < 1.29 is 0 Å². The monoisotopic (exact) mass is 312 g/mol. The Bertz CT molecular complexity index is 730. The second kappa shape index (κ2) is 7.50. The van der Waals surface area contributed by atoms with Crippen molar-refractivity contribution in [1.82, 2.24) is 4.98 Å². The minimum Gasteiger partial charge on any atom is -0.388 e. The molecule has 0 saturated heterocycles. The van der Waals surface area contributed by atoms with Crippen LogP contribution in [0.3, 0.4) is 0 Å². The average molecular weight is 312 g/mol. The highest BCUT2D eigenvalue weighted by molar-refractivity contribution is 8.03. The highest BCUT2D eigenvalue weighted by Gasteiger charge is 2.13. The van der Waals surface area contributed by atoms with Crippen molar-refractivity contribution in [2.45, 2.75) is 27.2 Å². The van der Waals surface area contributed by atoms with Gasteiger partial charge in [-0.1, -0.05) is 31.2 Å². The van der Waals surface area contributed by atoms with Gasteiger partial charge >= 0.3 is 0 Å². The van der Waals surface area contributed by atoms with Crippen LogP contribution in [-0.2, 0) is 0 Å². The number of hydrogen-bond acceptors (Lipinski definition) is 3. The third-order valence-corrected chi connectivity index (χ3v) is 4.72. The lowest BCUT2D eigenvalue weighted by Crippen LogP contribution is -1.96. The van der Waals surface area contributed by atoms with Crippen LogP contribution in [0.2, 0.25) is 0 Å². The van der Waals surface area contributed by atoms with Crippen molar-refractivity contribution in [3.05, 3.63) is 52.6 Å². The van der Waals surface area contributed by atoms with Crippen LogP contribution in [0.15, 0.2) is 41.5 Å². The molecule has 2 aromatic rings. The summed E-state index contributed by atoms with van der Waals surface area (Å²) >= 11 is 1.80. The normalized spacial score (nSPS) is 12.8. The van der Waals surface area contributed by atoms with E-state index in [0.717, 1.165) is 17.6 Å². The summed E-state index contributed by atoms with van der Waals surface area (Å²) in [6.07, 6.45) is 9.55. The van der Waals surface area contributed by atoms with Crippen molar-refractivity contribution in [2.24, 2.45) is 0 Å². The predicted octanol–water partition coefficient (Wildman–Crippen LogP) is 5.65. The second-order valence-electron chi connectivity index (χ2n) is 5.13. The summed E-state index contributed by atoms with van der Waals surface area (Å²) in [6.45, 7) is 6.45. The third kappa shape index (κ3) is 3.05. The Morgan fingerprint density at radius 3 is 2.68 bits per heavy atom. The Labute approximate surface area is 137 Å². The number of hydrogen-bond donors (Lipinski definition) is 1. The van der Waals surface area contributed by atoms with Crippen molar-refractivity contribution in [3.63, 3.8) is 0 Å².